The minimum absolute atomic E-state index is 0.00486. The zero-order chi connectivity index (χ0) is 19.3. The first-order chi connectivity index (χ1) is 13.6. The monoisotopic (exact) mass is 377 g/mol. The molecular weight excluding hydrogens is 358 g/mol. The Balaban J connectivity index is 1.71. The quantitative estimate of drug-likeness (QED) is 0.686. The fourth-order valence-electron chi connectivity index (χ4n) is 3.50. The molecule has 142 valence electrons. The third-order valence-corrected chi connectivity index (χ3v) is 4.89. The summed E-state index contributed by atoms with van der Waals surface area (Å²) in [6.07, 6.45) is 0.732. The molecule has 0 bridgehead atoms. The van der Waals surface area contributed by atoms with Crippen LogP contribution in [0.3, 0.4) is 0 Å². The van der Waals surface area contributed by atoms with Crippen molar-refractivity contribution >= 4 is 17.4 Å². The molecular formula is C20H19N5O3. The van der Waals surface area contributed by atoms with Crippen LogP contribution in [0.5, 0.6) is 11.5 Å². The normalized spacial score (nSPS) is 17.9. The summed E-state index contributed by atoms with van der Waals surface area (Å²) in [6, 6.07) is 12.0. The third-order valence-electron chi connectivity index (χ3n) is 4.89. The van der Waals surface area contributed by atoms with Crippen LogP contribution in [-0.4, -0.2) is 28.7 Å². The van der Waals surface area contributed by atoms with E-state index >= 15 is 0 Å². The Labute approximate surface area is 161 Å². The van der Waals surface area contributed by atoms with Crippen molar-refractivity contribution < 1.29 is 13.9 Å². The number of aromatic nitrogens is 2. The SMILES string of the molecule is Cc1nnc(N2N=C(c3ccc(N)cc3)c3cc4c(cc3CC2C)OCO4)o1. The molecule has 1 aromatic heterocycles. The van der Waals surface area contributed by atoms with E-state index in [1.54, 1.807) is 11.9 Å². The van der Waals surface area contributed by atoms with Gasteiger partial charge in [0.15, 0.2) is 11.5 Å². The number of ether oxygens (including phenoxy) is 2. The molecule has 1 atom stereocenters. The van der Waals surface area contributed by atoms with Gasteiger partial charge in [-0.1, -0.05) is 17.2 Å². The second kappa shape index (κ2) is 6.26. The van der Waals surface area contributed by atoms with Crippen molar-refractivity contribution in [3.05, 3.63) is 59.0 Å². The van der Waals surface area contributed by atoms with Gasteiger partial charge in [0, 0.05) is 23.7 Å². The highest BCUT2D eigenvalue weighted by atomic mass is 16.7. The summed E-state index contributed by atoms with van der Waals surface area (Å²) in [5.41, 5.74) is 10.4. The number of aryl methyl sites for hydroxylation is 1. The molecule has 28 heavy (non-hydrogen) atoms. The number of benzene rings is 2. The summed E-state index contributed by atoms with van der Waals surface area (Å²) in [6.45, 7) is 4.07. The first kappa shape index (κ1) is 16.6. The minimum Gasteiger partial charge on any atom is -0.454 e. The molecule has 0 radical (unpaired) electrons. The number of hydrogen-bond donors (Lipinski definition) is 1. The van der Waals surface area contributed by atoms with Gasteiger partial charge >= 0.3 is 6.01 Å². The second-order valence-corrected chi connectivity index (χ2v) is 6.93. The van der Waals surface area contributed by atoms with E-state index in [9.17, 15) is 0 Å². The van der Waals surface area contributed by atoms with E-state index in [0.29, 0.717) is 17.6 Å². The Morgan fingerprint density at radius 2 is 1.82 bits per heavy atom. The van der Waals surface area contributed by atoms with E-state index in [1.807, 2.05) is 36.4 Å². The van der Waals surface area contributed by atoms with E-state index in [4.69, 9.17) is 24.7 Å². The Morgan fingerprint density at radius 1 is 1.07 bits per heavy atom. The lowest BCUT2D eigenvalue weighted by molar-refractivity contribution is 0.174. The summed E-state index contributed by atoms with van der Waals surface area (Å²) in [7, 11) is 0. The van der Waals surface area contributed by atoms with E-state index in [2.05, 4.69) is 17.1 Å². The molecule has 0 saturated carbocycles. The van der Waals surface area contributed by atoms with Crippen molar-refractivity contribution in [2.24, 2.45) is 5.10 Å². The maximum Gasteiger partial charge on any atom is 0.339 e. The highest BCUT2D eigenvalue weighted by Crippen LogP contribution is 2.38. The number of hydrogen-bond acceptors (Lipinski definition) is 8. The van der Waals surface area contributed by atoms with E-state index in [-0.39, 0.29) is 12.8 Å². The Hall–Kier alpha value is -3.55. The molecule has 0 amide bonds. The lowest BCUT2D eigenvalue weighted by Crippen LogP contribution is -2.29. The van der Waals surface area contributed by atoms with Crippen molar-refractivity contribution in [3.63, 3.8) is 0 Å². The number of fused-ring (bicyclic) bond motifs is 2. The molecule has 0 aliphatic carbocycles. The zero-order valence-corrected chi connectivity index (χ0v) is 15.5. The van der Waals surface area contributed by atoms with Gasteiger partial charge in [0.25, 0.3) is 0 Å². The highest BCUT2D eigenvalue weighted by Gasteiger charge is 2.29. The van der Waals surface area contributed by atoms with Gasteiger partial charge in [0.05, 0.1) is 11.8 Å². The maximum absolute atomic E-state index is 5.88. The van der Waals surface area contributed by atoms with Gasteiger partial charge in [-0.15, -0.1) is 5.10 Å². The second-order valence-electron chi connectivity index (χ2n) is 6.93. The molecule has 2 aliphatic heterocycles. The van der Waals surface area contributed by atoms with Crippen LogP contribution in [-0.2, 0) is 6.42 Å². The zero-order valence-electron chi connectivity index (χ0n) is 15.5. The number of nitrogens with two attached hydrogens (primary N) is 1. The third kappa shape index (κ3) is 2.74. The summed E-state index contributed by atoms with van der Waals surface area (Å²) in [5.74, 6) is 1.97. The number of anilines is 2. The molecule has 3 aromatic rings. The van der Waals surface area contributed by atoms with Gasteiger partial charge < -0.3 is 19.6 Å². The largest absolute Gasteiger partial charge is 0.454 e. The van der Waals surface area contributed by atoms with E-state index in [1.165, 1.54) is 0 Å². The van der Waals surface area contributed by atoms with Gasteiger partial charge in [0.2, 0.25) is 12.7 Å². The molecule has 2 N–H and O–H groups in total. The van der Waals surface area contributed by atoms with Crippen LogP contribution >= 0.6 is 0 Å². The first-order valence-electron chi connectivity index (χ1n) is 9.05. The van der Waals surface area contributed by atoms with Gasteiger partial charge in [-0.2, -0.15) is 5.10 Å². The molecule has 1 unspecified atom stereocenters. The first-order valence-corrected chi connectivity index (χ1v) is 9.05. The number of rotatable bonds is 2. The van der Waals surface area contributed by atoms with Gasteiger partial charge in [-0.3, -0.25) is 0 Å². The van der Waals surface area contributed by atoms with Crippen LogP contribution in [0.2, 0.25) is 0 Å². The maximum atomic E-state index is 5.88. The van der Waals surface area contributed by atoms with Crippen LogP contribution in [0.4, 0.5) is 11.7 Å². The Morgan fingerprint density at radius 3 is 2.54 bits per heavy atom. The number of nitrogens with zero attached hydrogens (tertiary/aromatic N) is 4. The van der Waals surface area contributed by atoms with E-state index in [0.717, 1.165) is 40.3 Å². The lowest BCUT2D eigenvalue weighted by Gasteiger charge is -2.20. The van der Waals surface area contributed by atoms with Gasteiger partial charge in [0.1, 0.15) is 0 Å². The van der Waals surface area contributed by atoms with Gasteiger partial charge in [-0.05, 0) is 43.2 Å². The summed E-state index contributed by atoms with van der Waals surface area (Å²) >= 11 is 0. The Bertz CT molecular complexity index is 1070. The summed E-state index contributed by atoms with van der Waals surface area (Å²) in [4.78, 5) is 0. The molecule has 8 nitrogen and oxygen atoms in total. The fourth-order valence-corrected chi connectivity index (χ4v) is 3.50. The Kier molecular flexibility index (Phi) is 3.71. The van der Waals surface area contributed by atoms with Crippen molar-refractivity contribution in [1.29, 1.82) is 0 Å². The fraction of sp³-hybridized carbons (Fsp3) is 0.250. The lowest BCUT2D eigenvalue weighted by atomic mass is 9.94. The van der Waals surface area contributed by atoms with Crippen molar-refractivity contribution in [2.45, 2.75) is 26.3 Å². The predicted molar refractivity (Wildman–Crippen MR) is 104 cm³/mol. The van der Waals surface area contributed by atoms with Crippen molar-refractivity contribution in [2.75, 3.05) is 17.5 Å². The smallest absolute Gasteiger partial charge is 0.339 e. The molecule has 0 spiro atoms. The predicted octanol–water partition coefficient (Wildman–Crippen LogP) is 2.89. The van der Waals surface area contributed by atoms with Crippen LogP contribution < -0.4 is 20.2 Å². The van der Waals surface area contributed by atoms with Crippen molar-refractivity contribution in [3.8, 4) is 11.5 Å². The molecule has 0 fully saturated rings. The van der Waals surface area contributed by atoms with Crippen LogP contribution in [0.1, 0.15) is 29.5 Å². The average Bonchev–Trinajstić information content (AvgIpc) is 3.28. The van der Waals surface area contributed by atoms with Crippen molar-refractivity contribution in [1.82, 2.24) is 10.2 Å². The molecule has 2 aliphatic rings. The standard InChI is InChI=1S/C20H19N5O3/c1-11-7-14-8-17-18(27-10-26-17)9-16(14)19(13-3-5-15(21)6-4-13)24-25(11)20-23-22-12(2)28-20/h3-6,8-9,11H,7,10,21H2,1-2H3. The molecule has 0 saturated heterocycles. The van der Waals surface area contributed by atoms with Crippen LogP contribution in [0.15, 0.2) is 45.9 Å². The summed E-state index contributed by atoms with van der Waals surface area (Å²) < 4.78 is 16.8. The molecule has 8 heteroatoms. The minimum atomic E-state index is 0.00486. The molecule has 5 rings (SSSR count). The summed E-state index contributed by atoms with van der Waals surface area (Å²) in [5, 5.41) is 14.8. The number of hydrazone groups is 1. The van der Waals surface area contributed by atoms with E-state index < -0.39 is 0 Å². The molecule has 3 heterocycles. The van der Waals surface area contributed by atoms with Gasteiger partial charge in [-0.25, -0.2) is 5.01 Å². The van der Waals surface area contributed by atoms with Crippen LogP contribution in [0, 0.1) is 6.92 Å². The highest BCUT2D eigenvalue weighted by molar-refractivity contribution is 6.14. The average molecular weight is 377 g/mol. The number of nitrogen functional groups attached to an aromatic ring is 1. The molecule has 2 aromatic carbocycles. The van der Waals surface area contributed by atoms with Crippen LogP contribution in [0.25, 0.3) is 0 Å². The topological polar surface area (TPSA) is 99.0 Å².